The van der Waals surface area contributed by atoms with Crippen molar-refractivity contribution in [3.63, 3.8) is 0 Å². The third-order valence-corrected chi connectivity index (χ3v) is 11.2. The lowest BCUT2D eigenvalue weighted by Crippen LogP contribution is -2.12. The molecule has 0 unspecified atom stereocenters. The molecular formula is C40H30N10O9S3. The quantitative estimate of drug-likeness (QED) is 0.0184. The summed E-state index contributed by atoms with van der Waals surface area (Å²) in [7, 11) is -9.00. The number of carbonyl (C=O) groups is 1. The molecule has 0 saturated carbocycles. The van der Waals surface area contributed by atoms with E-state index in [1.54, 1.807) is 55.5 Å². The number of amides is 1. The highest BCUT2D eigenvalue weighted by molar-refractivity contribution is 7.86. The van der Waals surface area contributed by atoms with Crippen molar-refractivity contribution in [1.29, 1.82) is 10.5 Å². The minimum atomic E-state index is -4.52. The number of aromatic nitrogens is 1. The maximum atomic E-state index is 12.3. The highest BCUT2D eigenvalue weighted by Gasteiger charge is 2.23. The number of nitrogens with one attached hydrogen (secondary N) is 3. The minimum absolute atomic E-state index is 0.00446. The Labute approximate surface area is 357 Å². The van der Waals surface area contributed by atoms with Crippen LogP contribution in [0.4, 0.5) is 50.1 Å². The van der Waals surface area contributed by atoms with E-state index < -0.39 is 26.1 Å². The van der Waals surface area contributed by atoms with Crippen LogP contribution in [0.15, 0.2) is 146 Å². The van der Waals surface area contributed by atoms with Gasteiger partial charge < -0.3 is 20.8 Å². The number of hydrogen-bond donors (Lipinski definition) is 6. The van der Waals surface area contributed by atoms with Crippen LogP contribution in [0, 0.1) is 29.6 Å². The van der Waals surface area contributed by atoms with E-state index in [0.717, 1.165) is 35.6 Å². The number of hydrogen-bond acceptors (Lipinski definition) is 17. The summed E-state index contributed by atoms with van der Waals surface area (Å²) < 4.78 is 65.5. The standard InChI is InChI=1S/C40H30N10O9S3/c1-23(59-52)20-34(51)43-26-10-8-25(9-11-26)35-33(22-42)39(60-40(35)50-47-29-6-4-3-5-7-29)49-48-36-24(2)32(21-41)37(44-27-12-16-30(17-13-27)61(53,54)55)46-38(36)45-28-14-18-31(19-15-28)62(56,57)58/h3-19,52H,1,20H2,2H3,(H,43,51)(H2,44,45,46)(H,53,54,55)(H,56,57,58). The van der Waals surface area contributed by atoms with Gasteiger partial charge in [-0.05, 0) is 85.3 Å². The van der Waals surface area contributed by atoms with Crippen LogP contribution in [0.1, 0.15) is 23.1 Å². The fourth-order valence-electron chi connectivity index (χ4n) is 5.57. The molecule has 0 bridgehead atoms. The zero-order valence-electron chi connectivity index (χ0n) is 31.9. The monoisotopic (exact) mass is 890 g/mol. The summed E-state index contributed by atoms with van der Waals surface area (Å²) in [6, 6.07) is 29.5. The number of carbonyl (C=O) groups excluding carboxylic acids is 1. The van der Waals surface area contributed by atoms with Crippen LogP contribution >= 0.6 is 11.3 Å². The molecule has 0 radical (unpaired) electrons. The van der Waals surface area contributed by atoms with Crippen LogP contribution in [-0.4, -0.2) is 42.1 Å². The number of nitriles is 2. The van der Waals surface area contributed by atoms with Crippen molar-refractivity contribution in [2.24, 2.45) is 20.5 Å². The van der Waals surface area contributed by atoms with Crippen LogP contribution in [0.2, 0.25) is 0 Å². The van der Waals surface area contributed by atoms with Crippen molar-refractivity contribution in [3.05, 3.63) is 132 Å². The molecule has 0 atom stereocenters. The summed E-state index contributed by atoms with van der Waals surface area (Å²) in [5.41, 5.74) is 2.64. The van der Waals surface area contributed by atoms with E-state index in [1.165, 1.54) is 24.3 Å². The normalized spacial score (nSPS) is 11.5. The predicted octanol–water partition coefficient (Wildman–Crippen LogP) is 10.0. The molecule has 0 aliphatic rings. The molecule has 6 aromatic rings. The third kappa shape index (κ3) is 10.5. The summed E-state index contributed by atoms with van der Waals surface area (Å²) in [6.45, 7) is 4.98. The third-order valence-electron chi connectivity index (χ3n) is 8.54. The second-order valence-electron chi connectivity index (χ2n) is 12.8. The molecule has 0 fully saturated rings. The van der Waals surface area contributed by atoms with E-state index in [-0.39, 0.29) is 71.7 Å². The van der Waals surface area contributed by atoms with Crippen LogP contribution < -0.4 is 16.0 Å². The number of rotatable bonds is 15. The Bertz CT molecular complexity index is 3050. The van der Waals surface area contributed by atoms with Gasteiger partial charge in [0.2, 0.25) is 5.91 Å². The maximum Gasteiger partial charge on any atom is 0.294 e. The van der Waals surface area contributed by atoms with E-state index in [4.69, 9.17) is 5.26 Å². The van der Waals surface area contributed by atoms with E-state index in [0.29, 0.717) is 28.2 Å². The van der Waals surface area contributed by atoms with Gasteiger partial charge in [-0.25, -0.2) is 10.2 Å². The molecule has 19 nitrogen and oxygen atoms in total. The van der Waals surface area contributed by atoms with Gasteiger partial charge in [0, 0.05) is 28.2 Å². The van der Waals surface area contributed by atoms with Gasteiger partial charge in [0.15, 0.2) is 16.6 Å². The first kappa shape index (κ1) is 43.9. The molecule has 312 valence electrons. The molecule has 0 aliphatic carbocycles. The highest BCUT2D eigenvalue weighted by Crippen LogP contribution is 2.49. The van der Waals surface area contributed by atoms with Crippen molar-refractivity contribution < 1.29 is 40.9 Å². The van der Waals surface area contributed by atoms with Gasteiger partial charge in [0.05, 0.1) is 27.5 Å². The summed E-state index contributed by atoms with van der Waals surface area (Å²) >= 11 is 0.986. The predicted molar refractivity (Wildman–Crippen MR) is 228 cm³/mol. The fraction of sp³-hybridized carbons (Fsp3) is 0.0500. The second-order valence-corrected chi connectivity index (χ2v) is 16.6. The first-order valence-corrected chi connectivity index (χ1v) is 21.3. The minimum Gasteiger partial charge on any atom is -0.345 e. The van der Waals surface area contributed by atoms with E-state index in [9.17, 15) is 41.3 Å². The Hall–Kier alpha value is -7.70. The molecule has 62 heavy (non-hydrogen) atoms. The Balaban J connectivity index is 1.45. The number of anilines is 5. The van der Waals surface area contributed by atoms with Crippen LogP contribution in [0.5, 0.6) is 0 Å². The molecule has 2 heterocycles. The Kier molecular flexibility index (Phi) is 13.2. The van der Waals surface area contributed by atoms with Gasteiger partial charge in [-0.1, -0.05) is 48.2 Å². The molecular weight excluding hydrogens is 861 g/mol. The maximum absolute atomic E-state index is 12.3. The average Bonchev–Trinajstić information content (AvgIpc) is 3.60. The fourth-order valence-corrected chi connectivity index (χ4v) is 7.45. The Morgan fingerprint density at radius 3 is 1.81 bits per heavy atom. The van der Waals surface area contributed by atoms with Crippen molar-refractivity contribution in [2.45, 2.75) is 23.1 Å². The summed E-state index contributed by atoms with van der Waals surface area (Å²) in [6.07, 6.45) is -0.297. The molecule has 22 heteroatoms. The number of nitrogens with zero attached hydrogens (tertiary/aromatic N) is 7. The van der Waals surface area contributed by atoms with Gasteiger partial charge >= 0.3 is 0 Å². The van der Waals surface area contributed by atoms with Crippen LogP contribution in [-0.2, 0) is 29.9 Å². The van der Waals surface area contributed by atoms with Gasteiger partial charge in [-0.2, -0.15) is 27.4 Å². The summed E-state index contributed by atoms with van der Waals surface area (Å²) in [5, 5.41) is 56.3. The lowest BCUT2D eigenvalue weighted by molar-refractivity contribution is -0.205. The first-order valence-electron chi connectivity index (χ1n) is 17.6. The molecule has 0 spiro atoms. The topological polar surface area (TPSA) is 301 Å². The first-order chi connectivity index (χ1) is 29.6. The number of azo groups is 2. The molecule has 6 N–H and O–H groups in total. The van der Waals surface area contributed by atoms with E-state index in [1.807, 2.05) is 6.07 Å². The van der Waals surface area contributed by atoms with Crippen molar-refractivity contribution in [2.75, 3.05) is 16.0 Å². The van der Waals surface area contributed by atoms with E-state index in [2.05, 4.69) is 65.0 Å². The van der Waals surface area contributed by atoms with Crippen LogP contribution in [0.3, 0.4) is 0 Å². The largest absolute Gasteiger partial charge is 0.345 e. The van der Waals surface area contributed by atoms with Crippen LogP contribution in [0.25, 0.3) is 11.1 Å². The Morgan fingerprint density at radius 2 is 1.27 bits per heavy atom. The van der Waals surface area contributed by atoms with E-state index >= 15 is 0 Å². The highest BCUT2D eigenvalue weighted by atomic mass is 32.2. The summed E-state index contributed by atoms with van der Waals surface area (Å²) in [4.78, 5) is 20.2. The molecule has 2 aromatic heterocycles. The Morgan fingerprint density at radius 1 is 0.742 bits per heavy atom. The van der Waals surface area contributed by atoms with Crippen molar-refractivity contribution in [1.82, 2.24) is 4.98 Å². The molecule has 1 amide bonds. The van der Waals surface area contributed by atoms with Gasteiger partial charge in [-0.3, -0.25) is 13.9 Å². The zero-order valence-corrected chi connectivity index (χ0v) is 34.3. The average molecular weight is 891 g/mol. The molecule has 0 saturated heterocycles. The number of benzene rings is 4. The number of pyridine rings is 1. The van der Waals surface area contributed by atoms with Gasteiger partial charge in [0.25, 0.3) is 20.2 Å². The van der Waals surface area contributed by atoms with Gasteiger partial charge in [0.1, 0.15) is 34.1 Å². The molecule has 6 rings (SSSR count). The lowest BCUT2D eigenvalue weighted by atomic mass is 10.0. The molecule has 0 aliphatic heterocycles. The second kappa shape index (κ2) is 18.7. The smallest absolute Gasteiger partial charge is 0.294 e. The number of thiophene rings is 1. The SMILES string of the molecule is C=C(CC(=O)Nc1ccc(-c2c(N=Nc3ccccc3)sc(N=Nc3c(Nc4ccc(S(=O)(=O)O)cc4)nc(Nc4ccc(S(=O)(=O)O)cc4)c(C#N)c3C)c2C#N)cc1)OO. The zero-order chi connectivity index (χ0) is 44.6. The molecule has 4 aromatic carbocycles. The summed E-state index contributed by atoms with van der Waals surface area (Å²) in [5.74, 6) is -0.673. The van der Waals surface area contributed by atoms with Crippen molar-refractivity contribution in [3.8, 4) is 23.3 Å². The van der Waals surface area contributed by atoms with Crippen molar-refractivity contribution >= 4 is 87.6 Å². The van der Waals surface area contributed by atoms with Gasteiger partial charge in [-0.15, -0.1) is 20.5 Å². The lowest BCUT2D eigenvalue weighted by Gasteiger charge is -2.16.